The van der Waals surface area contributed by atoms with Gasteiger partial charge in [0, 0.05) is 32.2 Å². The zero-order chi connectivity index (χ0) is 17.8. The van der Waals surface area contributed by atoms with E-state index in [1.807, 2.05) is 24.0 Å². The zero-order valence-corrected chi connectivity index (χ0v) is 15.3. The molecule has 0 spiro atoms. The summed E-state index contributed by atoms with van der Waals surface area (Å²) in [5.41, 5.74) is 1.19. The Bertz CT molecular complexity index is 605. The van der Waals surface area contributed by atoms with Crippen LogP contribution in [0.5, 0.6) is 0 Å². The minimum atomic E-state index is -0.147. The number of likely N-dealkylation sites (tertiary alicyclic amines) is 1. The van der Waals surface area contributed by atoms with E-state index in [4.69, 9.17) is 9.15 Å². The van der Waals surface area contributed by atoms with Gasteiger partial charge in [-0.05, 0) is 38.8 Å². The van der Waals surface area contributed by atoms with Crippen molar-refractivity contribution < 1.29 is 13.9 Å². The van der Waals surface area contributed by atoms with Gasteiger partial charge in [-0.15, -0.1) is 0 Å². The second-order valence-electron chi connectivity index (χ2n) is 7.19. The zero-order valence-electron chi connectivity index (χ0n) is 15.3. The minimum absolute atomic E-state index is 0.0132. The van der Waals surface area contributed by atoms with Crippen LogP contribution in [0.15, 0.2) is 28.7 Å². The lowest BCUT2D eigenvalue weighted by Gasteiger charge is -2.37. The molecule has 2 aliphatic heterocycles. The van der Waals surface area contributed by atoms with E-state index in [9.17, 15) is 4.79 Å². The summed E-state index contributed by atoms with van der Waals surface area (Å²) < 4.78 is 11.3. The van der Waals surface area contributed by atoms with Crippen LogP contribution in [0, 0.1) is 6.92 Å². The van der Waals surface area contributed by atoms with Crippen molar-refractivity contribution in [3.63, 3.8) is 0 Å². The standard InChI is InChI=1S/C19H29N3O3/c1-14(2)12-21-8-6-16(7-9-21)20-19(23)22-10-11-24-13-17(22)18-5-4-15(3)25-18/h4-5,16-17H,1,6-13H2,2-3H3,(H,20,23). The van der Waals surface area contributed by atoms with E-state index in [0.717, 1.165) is 44.0 Å². The summed E-state index contributed by atoms with van der Waals surface area (Å²) in [6.07, 6.45) is 1.96. The van der Waals surface area contributed by atoms with Crippen molar-refractivity contribution >= 4 is 6.03 Å². The van der Waals surface area contributed by atoms with Gasteiger partial charge in [-0.2, -0.15) is 0 Å². The average molecular weight is 347 g/mol. The molecule has 2 saturated heterocycles. The van der Waals surface area contributed by atoms with Crippen LogP contribution in [0.3, 0.4) is 0 Å². The molecule has 3 rings (SSSR count). The number of furan rings is 1. The summed E-state index contributed by atoms with van der Waals surface area (Å²) >= 11 is 0. The summed E-state index contributed by atoms with van der Waals surface area (Å²) in [7, 11) is 0. The Morgan fingerprint density at radius 1 is 1.32 bits per heavy atom. The highest BCUT2D eigenvalue weighted by Crippen LogP contribution is 2.26. The smallest absolute Gasteiger partial charge is 0.318 e. The normalized spacial score (nSPS) is 22.8. The first-order chi connectivity index (χ1) is 12.0. The van der Waals surface area contributed by atoms with Crippen LogP contribution in [0.25, 0.3) is 0 Å². The lowest BCUT2D eigenvalue weighted by Crippen LogP contribution is -2.52. The molecule has 1 atom stereocenters. The molecule has 6 heteroatoms. The molecule has 3 heterocycles. The van der Waals surface area contributed by atoms with Crippen molar-refractivity contribution in [1.29, 1.82) is 0 Å². The molecule has 1 N–H and O–H groups in total. The third-order valence-electron chi connectivity index (χ3n) is 4.89. The number of carbonyl (C=O) groups is 1. The van der Waals surface area contributed by atoms with Gasteiger partial charge in [-0.3, -0.25) is 4.90 Å². The van der Waals surface area contributed by atoms with Gasteiger partial charge < -0.3 is 19.4 Å². The lowest BCUT2D eigenvalue weighted by atomic mass is 10.0. The van der Waals surface area contributed by atoms with Gasteiger partial charge in [0.15, 0.2) is 0 Å². The number of nitrogens with one attached hydrogen (secondary N) is 1. The first kappa shape index (κ1) is 18.0. The van der Waals surface area contributed by atoms with Crippen molar-refractivity contribution in [3.05, 3.63) is 35.8 Å². The van der Waals surface area contributed by atoms with E-state index in [0.29, 0.717) is 19.8 Å². The minimum Gasteiger partial charge on any atom is -0.464 e. The molecule has 0 bridgehead atoms. The Morgan fingerprint density at radius 2 is 2.08 bits per heavy atom. The fourth-order valence-electron chi connectivity index (χ4n) is 3.59. The maximum absolute atomic E-state index is 12.8. The van der Waals surface area contributed by atoms with Crippen molar-refractivity contribution in [2.45, 2.75) is 38.8 Å². The SMILES string of the molecule is C=C(C)CN1CCC(NC(=O)N2CCOCC2c2ccc(C)o2)CC1. The van der Waals surface area contributed by atoms with Gasteiger partial charge in [0.05, 0.1) is 13.2 Å². The number of nitrogens with zero attached hydrogens (tertiary/aromatic N) is 2. The largest absolute Gasteiger partial charge is 0.464 e. The highest BCUT2D eigenvalue weighted by molar-refractivity contribution is 5.75. The van der Waals surface area contributed by atoms with Crippen molar-refractivity contribution in [1.82, 2.24) is 15.1 Å². The van der Waals surface area contributed by atoms with Crippen molar-refractivity contribution in [2.24, 2.45) is 0 Å². The second kappa shape index (κ2) is 8.06. The molecule has 138 valence electrons. The average Bonchev–Trinajstić information content (AvgIpc) is 3.02. The van der Waals surface area contributed by atoms with E-state index < -0.39 is 0 Å². The number of carbonyl (C=O) groups excluding carboxylic acids is 1. The van der Waals surface area contributed by atoms with Gasteiger partial charge in [-0.25, -0.2) is 4.79 Å². The Balaban J connectivity index is 1.55. The number of amides is 2. The molecular formula is C19H29N3O3. The first-order valence-electron chi connectivity index (χ1n) is 9.11. The third kappa shape index (κ3) is 4.64. The van der Waals surface area contributed by atoms with Gasteiger partial charge >= 0.3 is 6.03 Å². The summed E-state index contributed by atoms with van der Waals surface area (Å²) in [5.74, 6) is 1.65. The number of morpholine rings is 1. The Kier molecular flexibility index (Phi) is 5.81. The molecule has 2 aliphatic rings. The van der Waals surface area contributed by atoms with E-state index in [1.165, 1.54) is 5.57 Å². The molecule has 1 aromatic rings. The molecular weight excluding hydrogens is 318 g/mol. The van der Waals surface area contributed by atoms with Gasteiger partial charge in [0.1, 0.15) is 17.6 Å². The highest BCUT2D eigenvalue weighted by Gasteiger charge is 2.32. The van der Waals surface area contributed by atoms with Gasteiger partial charge in [0.25, 0.3) is 0 Å². The summed E-state index contributed by atoms with van der Waals surface area (Å²) in [6, 6.07) is 3.94. The second-order valence-corrected chi connectivity index (χ2v) is 7.19. The number of aryl methyl sites for hydroxylation is 1. The number of piperidine rings is 1. The monoisotopic (exact) mass is 347 g/mol. The summed E-state index contributed by atoms with van der Waals surface area (Å²) in [4.78, 5) is 17.1. The fourth-order valence-corrected chi connectivity index (χ4v) is 3.59. The Morgan fingerprint density at radius 3 is 2.72 bits per heavy atom. The molecule has 0 radical (unpaired) electrons. The number of hydrogen-bond donors (Lipinski definition) is 1. The number of hydrogen-bond acceptors (Lipinski definition) is 4. The Hall–Kier alpha value is -1.79. The number of ether oxygens (including phenoxy) is 1. The van der Waals surface area contributed by atoms with Gasteiger partial charge in [-0.1, -0.05) is 12.2 Å². The molecule has 2 fully saturated rings. The van der Waals surface area contributed by atoms with Crippen molar-refractivity contribution in [3.8, 4) is 0 Å². The highest BCUT2D eigenvalue weighted by atomic mass is 16.5. The van der Waals surface area contributed by atoms with Gasteiger partial charge in [0.2, 0.25) is 0 Å². The predicted octanol–water partition coefficient (Wildman–Crippen LogP) is 2.71. The summed E-state index contributed by atoms with van der Waals surface area (Å²) in [6.45, 7) is 12.5. The molecule has 0 aromatic carbocycles. The van der Waals surface area contributed by atoms with Crippen LogP contribution >= 0.6 is 0 Å². The number of urea groups is 1. The molecule has 6 nitrogen and oxygen atoms in total. The molecule has 25 heavy (non-hydrogen) atoms. The number of rotatable bonds is 4. The molecule has 1 unspecified atom stereocenters. The van der Waals surface area contributed by atoms with Crippen LogP contribution < -0.4 is 5.32 Å². The van der Waals surface area contributed by atoms with Crippen LogP contribution in [0.2, 0.25) is 0 Å². The van der Waals surface area contributed by atoms with E-state index >= 15 is 0 Å². The predicted molar refractivity (Wildman–Crippen MR) is 96.5 cm³/mol. The summed E-state index contributed by atoms with van der Waals surface area (Å²) in [5, 5.41) is 3.21. The maximum Gasteiger partial charge on any atom is 0.318 e. The fraction of sp³-hybridized carbons (Fsp3) is 0.632. The van der Waals surface area contributed by atoms with Crippen molar-refractivity contribution in [2.75, 3.05) is 39.4 Å². The molecule has 1 aromatic heterocycles. The van der Waals surface area contributed by atoms with Crippen LogP contribution in [0.4, 0.5) is 4.79 Å². The maximum atomic E-state index is 12.8. The van der Waals surface area contributed by atoms with E-state index in [2.05, 4.69) is 23.7 Å². The topological polar surface area (TPSA) is 58.0 Å². The van der Waals surface area contributed by atoms with E-state index in [1.54, 1.807) is 0 Å². The van der Waals surface area contributed by atoms with Crippen LogP contribution in [-0.2, 0) is 4.74 Å². The quantitative estimate of drug-likeness (QED) is 0.851. The molecule has 0 aliphatic carbocycles. The molecule has 0 saturated carbocycles. The van der Waals surface area contributed by atoms with Crippen LogP contribution in [-0.4, -0.2) is 61.3 Å². The van der Waals surface area contributed by atoms with E-state index in [-0.39, 0.29) is 18.1 Å². The van der Waals surface area contributed by atoms with Crippen LogP contribution in [0.1, 0.15) is 37.3 Å². The lowest BCUT2D eigenvalue weighted by molar-refractivity contribution is 0.00302. The third-order valence-corrected chi connectivity index (χ3v) is 4.89. The first-order valence-corrected chi connectivity index (χ1v) is 9.11. The molecule has 2 amide bonds. The Labute approximate surface area is 149 Å².